The normalized spacial score (nSPS) is 10.9. The number of benzene rings is 1. The van der Waals surface area contributed by atoms with Crippen molar-refractivity contribution in [1.82, 2.24) is 0 Å². The third-order valence-corrected chi connectivity index (χ3v) is 3.41. The molecule has 0 amide bonds. The summed E-state index contributed by atoms with van der Waals surface area (Å²) in [6.07, 6.45) is 1.62. The van der Waals surface area contributed by atoms with E-state index in [0.717, 1.165) is 0 Å². The van der Waals surface area contributed by atoms with Crippen molar-refractivity contribution in [1.29, 1.82) is 0 Å². The number of pyridine rings is 1. The van der Waals surface area contributed by atoms with Crippen LogP contribution < -0.4 is 4.40 Å². The van der Waals surface area contributed by atoms with Gasteiger partial charge in [-0.1, -0.05) is 23.2 Å². The molecule has 20 heavy (non-hydrogen) atoms. The van der Waals surface area contributed by atoms with E-state index in [-0.39, 0.29) is 16.3 Å². The fourth-order valence-electron chi connectivity index (χ4n) is 1.95. The van der Waals surface area contributed by atoms with Crippen LogP contribution in [-0.4, -0.2) is 10.9 Å². The lowest BCUT2D eigenvalue weighted by Crippen LogP contribution is -2.27. The number of hydrogen-bond acceptors (Lipinski definition) is 3. The monoisotopic (exact) mass is 308 g/mol. The van der Waals surface area contributed by atoms with E-state index in [9.17, 15) is 9.90 Å². The Balaban J connectivity index is 2.20. The van der Waals surface area contributed by atoms with Crippen LogP contribution in [0, 0.1) is 0 Å². The minimum absolute atomic E-state index is 0.0184. The molecule has 0 saturated heterocycles. The third kappa shape index (κ3) is 2.03. The second-order valence-corrected chi connectivity index (χ2v) is 4.96. The molecule has 0 aliphatic rings. The molecule has 1 aromatic carbocycles. The number of carbonyl (C=O) groups excluding carboxylic acids is 1. The number of rotatable bonds is 2. The van der Waals surface area contributed by atoms with E-state index in [0.29, 0.717) is 10.7 Å². The minimum atomic E-state index is -0.452. The van der Waals surface area contributed by atoms with Gasteiger partial charge in [0.2, 0.25) is 0 Å². The van der Waals surface area contributed by atoms with Crippen molar-refractivity contribution in [3.05, 3.63) is 63.9 Å². The van der Waals surface area contributed by atoms with Crippen molar-refractivity contribution in [2.75, 3.05) is 0 Å². The lowest BCUT2D eigenvalue weighted by Gasteiger charge is -1.99. The summed E-state index contributed by atoms with van der Waals surface area (Å²) in [4.78, 5) is 12.5. The average Bonchev–Trinajstić information content (AvgIpc) is 2.73. The fraction of sp³-hybridized carbons (Fsp3) is 0. The van der Waals surface area contributed by atoms with Gasteiger partial charge in [-0.3, -0.25) is 4.79 Å². The van der Waals surface area contributed by atoms with Gasteiger partial charge in [0.1, 0.15) is 0 Å². The van der Waals surface area contributed by atoms with E-state index in [1.165, 1.54) is 16.5 Å². The van der Waals surface area contributed by atoms with Crippen molar-refractivity contribution >= 4 is 34.7 Å². The zero-order chi connectivity index (χ0) is 14.3. The number of carbonyl (C=O) groups is 1. The summed E-state index contributed by atoms with van der Waals surface area (Å²) in [7, 11) is 0. The molecular weight excluding hydrogens is 301 g/mol. The van der Waals surface area contributed by atoms with Gasteiger partial charge < -0.3 is 9.52 Å². The molecule has 0 bridgehead atoms. The standard InChI is InChI=1S/C14H7Cl2NO3/c15-8-4-5-9(10(16)7-8)13(18)12-14(19)20-11-3-1-2-6-17(11)12/h1-7H/p+1. The van der Waals surface area contributed by atoms with Crippen LogP contribution in [0.25, 0.3) is 5.71 Å². The average molecular weight is 309 g/mol. The molecular formula is C14H8Cl2NO3+. The summed E-state index contributed by atoms with van der Waals surface area (Å²) < 4.78 is 6.59. The maximum Gasteiger partial charge on any atom is 0.382 e. The summed E-state index contributed by atoms with van der Waals surface area (Å²) in [5.41, 5.74) is 0.619. The van der Waals surface area contributed by atoms with E-state index >= 15 is 0 Å². The van der Waals surface area contributed by atoms with E-state index in [2.05, 4.69) is 0 Å². The number of oxazole rings is 1. The van der Waals surface area contributed by atoms with E-state index in [4.69, 9.17) is 27.6 Å². The molecule has 100 valence electrons. The van der Waals surface area contributed by atoms with Crippen LogP contribution in [0.15, 0.2) is 47.0 Å². The van der Waals surface area contributed by atoms with Gasteiger partial charge in [-0.25, -0.2) is 0 Å². The molecule has 2 heterocycles. The molecule has 3 aromatic rings. The first kappa shape index (κ1) is 13.0. The number of halogens is 2. The quantitative estimate of drug-likeness (QED) is 0.584. The highest BCUT2D eigenvalue weighted by Crippen LogP contribution is 2.26. The van der Waals surface area contributed by atoms with Crippen LogP contribution >= 0.6 is 23.2 Å². The molecule has 0 radical (unpaired) electrons. The van der Waals surface area contributed by atoms with E-state index in [1.807, 2.05) is 0 Å². The Hall–Kier alpha value is -2.04. The van der Waals surface area contributed by atoms with Gasteiger partial charge >= 0.3 is 17.4 Å². The predicted molar refractivity (Wildman–Crippen MR) is 73.4 cm³/mol. The number of fused-ring (bicyclic) bond motifs is 1. The van der Waals surface area contributed by atoms with Crippen molar-refractivity contribution < 1.29 is 18.7 Å². The molecule has 0 fully saturated rings. The Morgan fingerprint density at radius 1 is 1.20 bits per heavy atom. The van der Waals surface area contributed by atoms with Gasteiger partial charge in [0, 0.05) is 16.7 Å². The fourth-order valence-corrected chi connectivity index (χ4v) is 2.45. The predicted octanol–water partition coefficient (Wildman–Crippen LogP) is 3.26. The topological polar surface area (TPSA) is 54.5 Å². The van der Waals surface area contributed by atoms with Crippen molar-refractivity contribution in [3.8, 4) is 5.95 Å². The van der Waals surface area contributed by atoms with Crippen molar-refractivity contribution in [2.45, 2.75) is 0 Å². The first-order valence-electron chi connectivity index (χ1n) is 5.70. The highest BCUT2D eigenvalue weighted by molar-refractivity contribution is 6.37. The Morgan fingerprint density at radius 2 is 2.00 bits per heavy atom. The molecule has 6 heteroatoms. The minimum Gasteiger partial charge on any atom is -0.476 e. The van der Waals surface area contributed by atoms with Crippen LogP contribution in [0.1, 0.15) is 16.1 Å². The van der Waals surface area contributed by atoms with Crippen LogP contribution in [0.5, 0.6) is 5.95 Å². The third-order valence-electron chi connectivity index (χ3n) is 2.86. The molecule has 4 nitrogen and oxygen atoms in total. The molecule has 1 N–H and O–H groups in total. The molecule has 0 unspecified atom stereocenters. The highest BCUT2D eigenvalue weighted by Gasteiger charge is 2.31. The maximum atomic E-state index is 12.5. The summed E-state index contributed by atoms with van der Waals surface area (Å²) in [6, 6.07) is 9.64. The summed E-state index contributed by atoms with van der Waals surface area (Å²) in [5, 5.41) is 10.5. The maximum absolute atomic E-state index is 12.5. The Bertz CT molecular complexity index is 826. The van der Waals surface area contributed by atoms with Crippen molar-refractivity contribution in [3.63, 3.8) is 0 Å². The smallest absolute Gasteiger partial charge is 0.382 e. The number of aromatic hydroxyl groups is 1. The molecule has 0 spiro atoms. The number of ketones is 1. The lowest BCUT2D eigenvalue weighted by molar-refractivity contribution is -0.516. The van der Waals surface area contributed by atoms with E-state index < -0.39 is 11.7 Å². The Kier molecular flexibility index (Phi) is 3.12. The highest BCUT2D eigenvalue weighted by atomic mass is 35.5. The lowest BCUT2D eigenvalue weighted by atomic mass is 10.1. The first-order chi connectivity index (χ1) is 9.58. The van der Waals surface area contributed by atoms with Crippen LogP contribution in [-0.2, 0) is 0 Å². The molecule has 0 aliphatic heterocycles. The summed E-state index contributed by atoms with van der Waals surface area (Å²) in [5.74, 6) is -0.897. The largest absolute Gasteiger partial charge is 0.476 e. The molecule has 2 aromatic heterocycles. The van der Waals surface area contributed by atoms with Crippen molar-refractivity contribution in [2.24, 2.45) is 0 Å². The molecule has 0 atom stereocenters. The Labute approximate surface area is 123 Å². The van der Waals surface area contributed by atoms with Crippen LogP contribution in [0.2, 0.25) is 10.0 Å². The van der Waals surface area contributed by atoms with Gasteiger partial charge in [0.15, 0.2) is 6.20 Å². The van der Waals surface area contributed by atoms with Gasteiger partial charge in [-0.2, -0.15) is 0 Å². The van der Waals surface area contributed by atoms with Gasteiger partial charge in [-0.15, -0.1) is 4.40 Å². The SMILES string of the molecule is O=C(c1ccc(Cl)cc1Cl)c1c(O)oc2cccc[n+]12. The molecule has 0 saturated carbocycles. The first-order valence-corrected chi connectivity index (χ1v) is 6.45. The second kappa shape index (κ2) is 4.81. The van der Waals surface area contributed by atoms with Gasteiger partial charge in [0.05, 0.1) is 11.1 Å². The van der Waals surface area contributed by atoms with Gasteiger partial charge in [-0.05, 0) is 24.3 Å². The van der Waals surface area contributed by atoms with Crippen LogP contribution in [0.4, 0.5) is 0 Å². The Morgan fingerprint density at radius 3 is 2.75 bits per heavy atom. The number of nitrogens with zero attached hydrogens (tertiary/aromatic N) is 1. The molecule has 0 aliphatic carbocycles. The number of hydrogen-bond donors (Lipinski definition) is 1. The van der Waals surface area contributed by atoms with E-state index in [1.54, 1.807) is 30.5 Å². The summed E-state index contributed by atoms with van der Waals surface area (Å²) >= 11 is 11.8. The zero-order valence-electron chi connectivity index (χ0n) is 10.0. The summed E-state index contributed by atoms with van der Waals surface area (Å²) in [6.45, 7) is 0. The van der Waals surface area contributed by atoms with Gasteiger partial charge in [0.25, 0.3) is 5.78 Å². The zero-order valence-corrected chi connectivity index (χ0v) is 11.5. The van der Waals surface area contributed by atoms with Crippen LogP contribution in [0.3, 0.4) is 0 Å². The second-order valence-electron chi connectivity index (χ2n) is 4.12. The number of aromatic nitrogens is 1. The molecule has 3 rings (SSSR count).